The Labute approximate surface area is 121 Å². The van der Waals surface area contributed by atoms with Gasteiger partial charge in [0, 0.05) is 17.3 Å². The van der Waals surface area contributed by atoms with E-state index in [0.29, 0.717) is 28.6 Å². The van der Waals surface area contributed by atoms with Crippen LogP contribution in [0, 0.1) is 0 Å². The van der Waals surface area contributed by atoms with Crippen LogP contribution >= 0.6 is 22.7 Å². The maximum absolute atomic E-state index is 11.8. The van der Waals surface area contributed by atoms with Crippen LogP contribution in [0.2, 0.25) is 0 Å². The lowest BCUT2D eigenvalue weighted by Gasteiger charge is -2.06. The van der Waals surface area contributed by atoms with Gasteiger partial charge in [0.1, 0.15) is 11.4 Å². The molecule has 2 N–H and O–H groups in total. The highest BCUT2D eigenvalue weighted by Crippen LogP contribution is 2.14. The van der Waals surface area contributed by atoms with Crippen molar-refractivity contribution in [1.29, 1.82) is 0 Å². The average molecular weight is 313 g/mol. The molecule has 0 aromatic carbocycles. The second-order valence-corrected chi connectivity index (χ2v) is 5.63. The molecule has 0 bridgehead atoms. The van der Waals surface area contributed by atoms with E-state index in [1.165, 1.54) is 15.9 Å². The summed E-state index contributed by atoms with van der Waals surface area (Å²) in [6, 6.07) is 0. The largest absolute Gasteiger partial charge is 0.477 e. The zero-order valence-corrected chi connectivity index (χ0v) is 12.1. The summed E-state index contributed by atoms with van der Waals surface area (Å²) in [6.45, 7) is 1.52. The third-order valence-electron chi connectivity index (χ3n) is 2.51. The van der Waals surface area contributed by atoms with Crippen molar-refractivity contribution < 1.29 is 14.7 Å². The zero-order chi connectivity index (χ0) is 14.7. The van der Waals surface area contributed by atoms with Crippen LogP contribution in [0.1, 0.15) is 22.3 Å². The van der Waals surface area contributed by atoms with Gasteiger partial charge in [-0.1, -0.05) is 18.3 Å². The van der Waals surface area contributed by atoms with E-state index in [1.807, 2.05) is 0 Å². The average Bonchev–Trinajstić information content (AvgIpc) is 2.98. The molecular formula is C11H11N3O4S2. The molecule has 0 spiro atoms. The van der Waals surface area contributed by atoms with Gasteiger partial charge in [-0.2, -0.15) is 0 Å². The third kappa shape index (κ3) is 2.94. The lowest BCUT2D eigenvalue weighted by molar-refractivity contribution is -0.116. The van der Waals surface area contributed by atoms with Gasteiger partial charge in [-0.25, -0.2) is 9.78 Å². The summed E-state index contributed by atoms with van der Waals surface area (Å²) in [5.41, 5.74) is 0.363. The number of hydrogen-bond acceptors (Lipinski definition) is 6. The quantitative estimate of drug-likeness (QED) is 0.865. The number of aromatic nitrogens is 2. The van der Waals surface area contributed by atoms with E-state index in [1.54, 1.807) is 18.5 Å². The van der Waals surface area contributed by atoms with Crippen LogP contribution in [0.25, 0.3) is 0 Å². The van der Waals surface area contributed by atoms with Crippen molar-refractivity contribution in [2.24, 2.45) is 0 Å². The molecule has 0 fully saturated rings. The molecule has 7 nitrogen and oxygen atoms in total. The Balaban J connectivity index is 2.23. The number of carboxylic acids is 1. The molecule has 0 unspecified atom stereocenters. The molecule has 0 radical (unpaired) electrons. The summed E-state index contributed by atoms with van der Waals surface area (Å²) < 4.78 is 1.19. The Morgan fingerprint density at radius 2 is 2.25 bits per heavy atom. The lowest BCUT2D eigenvalue weighted by Crippen LogP contribution is -2.26. The number of anilines is 1. The molecule has 20 heavy (non-hydrogen) atoms. The van der Waals surface area contributed by atoms with Crippen molar-refractivity contribution >= 4 is 39.7 Å². The van der Waals surface area contributed by atoms with Crippen LogP contribution in [-0.4, -0.2) is 26.5 Å². The van der Waals surface area contributed by atoms with Crippen LogP contribution < -0.4 is 10.2 Å². The number of thiazole rings is 2. The SMILES string of the molecule is CCc1c(C(=O)O)sc(=O)n1CC(=O)Nc1nccs1. The number of carbonyl (C=O) groups is 2. The first-order valence-corrected chi connectivity index (χ1v) is 7.37. The fourth-order valence-corrected chi connectivity index (χ4v) is 3.16. The van der Waals surface area contributed by atoms with Gasteiger partial charge in [0.15, 0.2) is 5.13 Å². The van der Waals surface area contributed by atoms with E-state index in [2.05, 4.69) is 10.3 Å². The van der Waals surface area contributed by atoms with E-state index >= 15 is 0 Å². The van der Waals surface area contributed by atoms with Crippen LogP contribution in [0.15, 0.2) is 16.4 Å². The maximum Gasteiger partial charge on any atom is 0.347 e. The van der Waals surface area contributed by atoms with Crippen LogP contribution in [0.4, 0.5) is 5.13 Å². The number of aromatic carboxylic acids is 1. The van der Waals surface area contributed by atoms with Crippen LogP contribution in [-0.2, 0) is 17.8 Å². The number of carboxylic acid groups (broad SMARTS) is 1. The summed E-state index contributed by atoms with van der Waals surface area (Å²) in [4.78, 5) is 38.1. The number of nitrogens with one attached hydrogen (secondary N) is 1. The van der Waals surface area contributed by atoms with Gasteiger partial charge in [-0.15, -0.1) is 11.3 Å². The van der Waals surface area contributed by atoms with Crippen molar-refractivity contribution in [3.05, 3.63) is 31.8 Å². The number of rotatable bonds is 5. The standard InChI is InChI=1S/C11H11N3O4S2/c1-2-6-8(9(16)17)20-11(18)14(6)5-7(15)13-10-12-3-4-19-10/h3-4H,2,5H2,1H3,(H,16,17)(H,12,13,15). The predicted octanol–water partition coefficient (Wildman–Crippen LogP) is 1.27. The van der Waals surface area contributed by atoms with E-state index in [4.69, 9.17) is 5.11 Å². The highest BCUT2D eigenvalue weighted by Gasteiger charge is 2.20. The van der Waals surface area contributed by atoms with Gasteiger partial charge < -0.3 is 10.4 Å². The predicted molar refractivity (Wildman–Crippen MR) is 75.7 cm³/mol. The topological polar surface area (TPSA) is 101 Å². The highest BCUT2D eigenvalue weighted by atomic mass is 32.1. The summed E-state index contributed by atoms with van der Waals surface area (Å²) in [6.07, 6.45) is 1.92. The zero-order valence-electron chi connectivity index (χ0n) is 10.5. The number of carbonyl (C=O) groups excluding carboxylic acids is 1. The molecule has 106 valence electrons. The second-order valence-electron chi connectivity index (χ2n) is 3.77. The normalized spacial score (nSPS) is 10.4. The molecule has 2 aromatic rings. The first-order valence-electron chi connectivity index (χ1n) is 5.68. The Morgan fingerprint density at radius 1 is 1.50 bits per heavy atom. The van der Waals surface area contributed by atoms with Crippen LogP contribution in [0.5, 0.6) is 0 Å². The fourth-order valence-electron chi connectivity index (χ4n) is 1.70. The first kappa shape index (κ1) is 14.4. The van der Waals surface area contributed by atoms with Gasteiger partial charge in [-0.3, -0.25) is 14.2 Å². The molecule has 2 rings (SSSR count). The summed E-state index contributed by atoms with van der Waals surface area (Å²) >= 11 is 1.90. The molecular weight excluding hydrogens is 302 g/mol. The molecule has 0 atom stereocenters. The van der Waals surface area contributed by atoms with Gasteiger partial charge in [0.05, 0.1) is 0 Å². The van der Waals surface area contributed by atoms with Gasteiger partial charge in [0.2, 0.25) is 5.91 Å². The second kappa shape index (κ2) is 5.97. The van der Waals surface area contributed by atoms with Gasteiger partial charge in [0.25, 0.3) is 0 Å². The summed E-state index contributed by atoms with van der Waals surface area (Å²) in [5, 5.41) is 13.7. The molecule has 0 saturated carbocycles. The Hall–Kier alpha value is -2.00. The number of hydrogen-bond donors (Lipinski definition) is 2. The van der Waals surface area contributed by atoms with Crippen molar-refractivity contribution in [3.8, 4) is 0 Å². The minimum absolute atomic E-state index is 0.0143. The Bertz CT molecular complexity index is 687. The molecule has 9 heteroatoms. The molecule has 0 aliphatic carbocycles. The smallest absolute Gasteiger partial charge is 0.347 e. The summed E-state index contributed by atoms with van der Waals surface area (Å²) in [5.74, 6) is -1.56. The third-order valence-corrected chi connectivity index (χ3v) is 4.21. The van der Waals surface area contributed by atoms with E-state index < -0.39 is 16.7 Å². The minimum Gasteiger partial charge on any atom is -0.477 e. The molecule has 1 amide bonds. The monoisotopic (exact) mass is 313 g/mol. The number of nitrogens with zero attached hydrogens (tertiary/aromatic N) is 2. The van der Waals surface area contributed by atoms with Gasteiger partial charge >= 0.3 is 10.8 Å². The Kier molecular flexibility index (Phi) is 4.30. The van der Waals surface area contributed by atoms with E-state index in [9.17, 15) is 14.4 Å². The molecule has 0 aliphatic rings. The molecule has 2 heterocycles. The Morgan fingerprint density at radius 3 is 2.80 bits per heavy atom. The maximum atomic E-state index is 11.8. The summed E-state index contributed by atoms with van der Waals surface area (Å²) in [7, 11) is 0. The van der Waals surface area contributed by atoms with E-state index in [-0.39, 0.29) is 11.4 Å². The number of amides is 1. The lowest BCUT2D eigenvalue weighted by atomic mass is 10.3. The minimum atomic E-state index is -1.15. The molecule has 0 aliphatic heterocycles. The van der Waals surface area contributed by atoms with Crippen molar-refractivity contribution in [2.45, 2.75) is 19.9 Å². The van der Waals surface area contributed by atoms with Gasteiger partial charge in [-0.05, 0) is 6.42 Å². The van der Waals surface area contributed by atoms with E-state index in [0.717, 1.165) is 0 Å². The van der Waals surface area contributed by atoms with Crippen molar-refractivity contribution in [2.75, 3.05) is 5.32 Å². The fraction of sp³-hybridized carbons (Fsp3) is 0.273. The molecule has 2 aromatic heterocycles. The van der Waals surface area contributed by atoms with Crippen LogP contribution in [0.3, 0.4) is 0 Å². The molecule has 0 saturated heterocycles. The van der Waals surface area contributed by atoms with Crippen molar-refractivity contribution in [1.82, 2.24) is 9.55 Å². The van der Waals surface area contributed by atoms with Crippen molar-refractivity contribution in [3.63, 3.8) is 0 Å². The first-order chi connectivity index (χ1) is 9.52. The highest BCUT2D eigenvalue weighted by molar-refractivity contribution is 7.13.